The number of hydrogen-bond donors (Lipinski definition) is 1. The first-order valence-corrected chi connectivity index (χ1v) is 8.39. The highest BCUT2D eigenvalue weighted by atomic mass is 35.5. The molecule has 1 fully saturated rings. The van der Waals surface area contributed by atoms with Crippen LogP contribution in [0.1, 0.15) is 38.3 Å². The normalized spacial score (nSPS) is 24.0. The summed E-state index contributed by atoms with van der Waals surface area (Å²) in [4.78, 5) is 5.01. The Kier molecular flexibility index (Phi) is 6.06. The minimum Gasteiger partial charge on any atom is -0.326 e. The van der Waals surface area contributed by atoms with Gasteiger partial charge in [-0.3, -0.25) is 4.90 Å². The van der Waals surface area contributed by atoms with Crippen molar-refractivity contribution in [2.75, 3.05) is 26.7 Å². The van der Waals surface area contributed by atoms with Crippen LogP contribution >= 0.6 is 11.6 Å². The lowest BCUT2D eigenvalue weighted by atomic mass is 9.94. The van der Waals surface area contributed by atoms with Gasteiger partial charge in [-0.15, -0.1) is 0 Å². The van der Waals surface area contributed by atoms with Gasteiger partial charge in [-0.2, -0.15) is 0 Å². The van der Waals surface area contributed by atoms with Crippen LogP contribution < -0.4 is 5.73 Å². The number of hydrogen-bond acceptors (Lipinski definition) is 3. The maximum atomic E-state index is 6.45. The average molecular weight is 310 g/mol. The van der Waals surface area contributed by atoms with Crippen molar-refractivity contribution in [2.45, 2.75) is 44.8 Å². The van der Waals surface area contributed by atoms with Crippen LogP contribution in [0.5, 0.6) is 0 Å². The van der Waals surface area contributed by atoms with Crippen molar-refractivity contribution in [1.29, 1.82) is 0 Å². The predicted molar refractivity (Wildman–Crippen MR) is 90.7 cm³/mol. The van der Waals surface area contributed by atoms with Gasteiger partial charge in [-0.05, 0) is 37.6 Å². The predicted octanol–water partition coefficient (Wildman–Crippen LogP) is 3.14. The lowest BCUT2D eigenvalue weighted by molar-refractivity contribution is 0.0524. The zero-order chi connectivity index (χ0) is 15.4. The highest BCUT2D eigenvalue weighted by Gasteiger charge is 2.31. The first kappa shape index (κ1) is 16.8. The molecule has 1 saturated heterocycles. The second-order valence-corrected chi connectivity index (χ2v) is 6.55. The van der Waals surface area contributed by atoms with Crippen LogP contribution in [0.25, 0.3) is 0 Å². The summed E-state index contributed by atoms with van der Waals surface area (Å²) in [6, 6.07) is 9.20. The Morgan fingerprint density at radius 3 is 2.71 bits per heavy atom. The Labute approximate surface area is 134 Å². The monoisotopic (exact) mass is 309 g/mol. The second-order valence-electron chi connectivity index (χ2n) is 6.11. The molecule has 3 nitrogen and oxygen atoms in total. The molecule has 2 rings (SSSR count). The van der Waals surface area contributed by atoms with E-state index in [0.717, 1.165) is 31.1 Å². The van der Waals surface area contributed by atoms with Gasteiger partial charge in [0.25, 0.3) is 0 Å². The molecule has 1 aromatic carbocycles. The van der Waals surface area contributed by atoms with Crippen molar-refractivity contribution in [3.63, 3.8) is 0 Å². The third-order valence-corrected chi connectivity index (χ3v) is 4.98. The van der Waals surface area contributed by atoms with Crippen molar-refractivity contribution in [3.05, 3.63) is 34.9 Å². The van der Waals surface area contributed by atoms with Gasteiger partial charge in [0, 0.05) is 36.7 Å². The molecule has 0 radical (unpaired) electrons. The smallest absolute Gasteiger partial charge is 0.0500 e. The Bertz CT molecular complexity index is 451. The summed E-state index contributed by atoms with van der Waals surface area (Å²) in [7, 11) is 2.22. The molecule has 3 atom stereocenters. The molecular weight excluding hydrogens is 282 g/mol. The first-order chi connectivity index (χ1) is 10.1. The molecule has 4 heteroatoms. The van der Waals surface area contributed by atoms with Crippen LogP contribution in [0.2, 0.25) is 5.02 Å². The van der Waals surface area contributed by atoms with E-state index in [1.807, 2.05) is 12.1 Å². The van der Waals surface area contributed by atoms with E-state index in [0.29, 0.717) is 6.04 Å². The van der Waals surface area contributed by atoms with Gasteiger partial charge >= 0.3 is 0 Å². The van der Waals surface area contributed by atoms with Gasteiger partial charge < -0.3 is 10.6 Å². The molecule has 1 aliphatic heterocycles. The van der Waals surface area contributed by atoms with E-state index in [-0.39, 0.29) is 12.1 Å². The summed E-state index contributed by atoms with van der Waals surface area (Å²) in [5.74, 6) is 0. The van der Waals surface area contributed by atoms with E-state index in [1.54, 1.807) is 0 Å². The number of rotatable bonds is 5. The molecule has 0 bridgehead atoms. The first-order valence-electron chi connectivity index (χ1n) is 8.02. The minimum absolute atomic E-state index is 0.143. The maximum Gasteiger partial charge on any atom is 0.0500 e. The number of benzene rings is 1. The van der Waals surface area contributed by atoms with Gasteiger partial charge in [-0.25, -0.2) is 0 Å². The second kappa shape index (κ2) is 7.59. The third kappa shape index (κ3) is 3.98. The molecule has 3 unspecified atom stereocenters. The zero-order valence-electron chi connectivity index (χ0n) is 13.4. The van der Waals surface area contributed by atoms with E-state index < -0.39 is 0 Å². The summed E-state index contributed by atoms with van der Waals surface area (Å²) in [6.07, 6.45) is 2.15. The topological polar surface area (TPSA) is 32.5 Å². The standard InChI is InChI=1S/C17H28ClN3/c1-4-15-12-21(10-9-20(15)3)17(16(19)5-2)13-7-6-8-14(18)11-13/h6-8,11,15-17H,4-5,9-10,12,19H2,1-3H3. The molecular formula is C17H28ClN3. The summed E-state index contributed by atoms with van der Waals surface area (Å²) >= 11 is 6.19. The van der Waals surface area contributed by atoms with Crippen molar-refractivity contribution in [3.8, 4) is 0 Å². The molecule has 0 aromatic heterocycles. The maximum absolute atomic E-state index is 6.45. The molecule has 0 saturated carbocycles. The molecule has 0 aliphatic carbocycles. The third-order valence-electron chi connectivity index (χ3n) is 4.74. The minimum atomic E-state index is 0.143. The van der Waals surface area contributed by atoms with E-state index in [2.05, 4.69) is 42.8 Å². The van der Waals surface area contributed by atoms with Crippen LogP contribution in [-0.2, 0) is 0 Å². The van der Waals surface area contributed by atoms with Crippen molar-refractivity contribution in [1.82, 2.24) is 9.80 Å². The molecule has 0 spiro atoms. The van der Waals surface area contributed by atoms with Crippen LogP contribution in [0.4, 0.5) is 0 Å². The van der Waals surface area contributed by atoms with Gasteiger partial charge in [0.15, 0.2) is 0 Å². The summed E-state index contributed by atoms with van der Waals surface area (Å²) in [6.45, 7) is 7.68. The summed E-state index contributed by atoms with van der Waals surface area (Å²) in [5, 5.41) is 0.793. The van der Waals surface area contributed by atoms with Gasteiger partial charge in [0.2, 0.25) is 0 Å². The van der Waals surface area contributed by atoms with E-state index in [9.17, 15) is 0 Å². The molecule has 2 N–H and O–H groups in total. The van der Waals surface area contributed by atoms with E-state index >= 15 is 0 Å². The molecule has 1 aliphatic rings. The fourth-order valence-corrected chi connectivity index (χ4v) is 3.50. The fraction of sp³-hybridized carbons (Fsp3) is 0.647. The molecule has 118 valence electrons. The fourth-order valence-electron chi connectivity index (χ4n) is 3.31. The van der Waals surface area contributed by atoms with Crippen molar-refractivity contribution in [2.24, 2.45) is 5.73 Å². The Morgan fingerprint density at radius 2 is 2.10 bits per heavy atom. The number of likely N-dealkylation sites (N-methyl/N-ethyl adjacent to an activating group) is 1. The highest BCUT2D eigenvalue weighted by Crippen LogP contribution is 2.29. The number of nitrogens with zero attached hydrogens (tertiary/aromatic N) is 2. The van der Waals surface area contributed by atoms with E-state index in [1.165, 1.54) is 12.0 Å². The van der Waals surface area contributed by atoms with Crippen molar-refractivity contribution < 1.29 is 0 Å². The number of piperazine rings is 1. The summed E-state index contributed by atoms with van der Waals surface area (Å²) < 4.78 is 0. The Balaban J connectivity index is 2.24. The lowest BCUT2D eigenvalue weighted by Gasteiger charge is -2.44. The Morgan fingerprint density at radius 1 is 1.33 bits per heavy atom. The SMILES string of the molecule is CCC(N)C(c1cccc(Cl)c1)N1CCN(C)C(CC)C1. The zero-order valence-corrected chi connectivity index (χ0v) is 14.2. The van der Waals surface area contributed by atoms with Crippen molar-refractivity contribution >= 4 is 11.6 Å². The molecule has 1 heterocycles. The molecule has 21 heavy (non-hydrogen) atoms. The van der Waals surface area contributed by atoms with E-state index in [4.69, 9.17) is 17.3 Å². The van der Waals surface area contributed by atoms with Gasteiger partial charge in [-0.1, -0.05) is 37.6 Å². The highest BCUT2D eigenvalue weighted by molar-refractivity contribution is 6.30. The molecule has 0 amide bonds. The number of nitrogens with two attached hydrogens (primary N) is 1. The number of halogens is 1. The van der Waals surface area contributed by atoms with Gasteiger partial charge in [0.05, 0.1) is 6.04 Å². The quantitative estimate of drug-likeness (QED) is 0.907. The van der Waals surface area contributed by atoms with Crippen LogP contribution in [0.15, 0.2) is 24.3 Å². The van der Waals surface area contributed by atoms with Crippen LogP contribution in [0.3, 0.4) is 0 Å². The molecule has 1 aromatic rings. The van der Waals surface area contributed by atoms with Crippen LogP contribution in [-0.4, -0.2) is 48.6 Å². The average Bonchev–Trinajstić information content (AvgIpc) is 2.49. The Hall–Kier alpha value is -0.610. The van der Waals surface area contributed by atoms with Crippen LogP contribution in [0, 0.1) is 0 Å². The summed E-state index contributed by atoms with van der Waals surface area (Å²) in [5.41, 5.74) is 7.70. The van der Waals surface area contributed by atoms with Gasteiger partial charge in [0.1, 0.15) is 0 Å². The lowest BCUT2D eigenvalue weighted by Crippen LogP contribution is -2.54. The largest absolute Gasteiger partial charge is 0.326 e.